The minimum absolute atomic E-state index is 0.244. The van der Waals surface area contributed by atoms with Crippen LogP contribution < -0.4 is 10.6 Å². The number of carbonyl (C=O) groups is 1. The van der Waals surface area contributed by atoms with Crippen molar-refractivity contribution in [1.29, 1.82) is 0 Å². The summed E-state index contributed by atoms with van der Waals surface area (Å²) in [5.74, 6) is -0.524. The molecule has 2 heterocycles. The summed E-state index contributed by atoms with van der Waals surface area (Å²) in [5.41, 5.74) is 1.88. The highest BCUT2D eigenvalue weighted by atomic mass is 79.9. The van der Waals surface area contributed by atoms with Gasteiger partial charge < -0.3 is 15.4 Å². The average molecular weight is 393 g/mol. The molecule has 8 heteroatoms. The topological polar surface area (TPSA) is 50.4 Å². The molecular formula is C13H14BrFN2O2S2. The molecule has 0 bridgehead atoms. The Balaban J connectivity index is 1.97. The van der Waals surface area contributed by atoms with Crippen molar-refractivity contribution >= 4 is 50.6 Å². The molecule has 2 rings (SSSR count). The number of esters is 1. The Kier molecular flexibility index (Phi) is 5.72. The molecule has 0 radical (unpaired) electrons. The van der Waals surface area contributed by atoms with Gasteiger partial charge in [0, 0.05) is 12.1 Å². The maximum absolute atomic E-state index is 13.0. The lowest BCUT2D eigenvalue weighted by Gasteiger charge is -2.27. The van der Waals surface area contributed by atoms with Gasteiger partial charge >= 0.3 is 5.97 Å². The monoisotopic (exact) mass is 392 g/mol. The van der Waals surface area contributed by atoms with E-state index in [0.29, 0.717) is 17.2 Å². The molecule has 0 amide bonds. The summed E-state index contributed by atoms with van der Waals surface area (Å²) in [6.07, 6.45) is 0.613. The van der Waals surface area contributed by atoms with Gasteiger partial charge in [-0.15, -0.1) is 11.3 Å². The van der Waals surface area contributed by atoms with Gasteiger partial charge in [0.05, 0.1) is 22.0 Å². The summed E-state index contributed by atoms with van der Waals surface area (Å²) < 4.78 is 19.3. The highest BCUT2D eigenvalue weighted by molar-refractivity contribution is 9.11. The zero-order chi connectivity index (χ0) is 15.4. The molecule has 1 unspecified atom stereocenters. The fraction of sp³-hybridized carbons (Fsp3) is 0.385. The number of carbonyl (C=O) groups excluding carboxylic acids is 1. The third-order valence-corrected chi connectivity index (χ3v) is 5.06. The lowest BCUT2D eigenvalue weighted by Crippen LogP contribution is -2.50. The number of hydrogen-bond acceptors (Lipinski definition) is 4. The van der Waals surface area contributed by atoms with Gasteiger partial charge in [0.15, 0.2) is 5.11 Å². The third kappa shape index (κ3) is 4.02. The van der Waals surface area contributed by atoms with Gasteiger partial charge in [-0.3, -0.25) is 0 Å². The molecule has 4 nitrogen and oxygen atoms in total. The molecule has 0 fully saturated rings. The average Bonchev–Trinajstić information content (AvgIpc) is 2.83. The number of thiocarbonyl (C=S) groups is 1. The summed E-state index contributed by atoms with van der Waals surface area (Å²) in [6.45, 7) is 1.20. The Morgan fingerprint density at radius 3 is 3.00 bits per heavy atom. The smallest absolute Gasteiger partial charge is 0.337 e. The molecule has 1 aromatic rings. The van der Waals surface area contributed by atoms with E-state index < -0.39 is 18.7 Å². The minimum Gasteiger partial charge on any atom is -0.462 e. The van der Waals surface area contributed by atoms with Gasteiger partial charge in [-0.1, -0.05) is 0 Å². The van der Waals surface area contributed by atoms with Crippen LogP contribution in [0.2, 0.25) is 0 Å². The quantitative estimate of drug-likeness (QED) is 0.595. The number of alkyl halides is 1. The summed E-state index contributed by atoms with van der Waals surface area (Å²) in [4.78, 5) is 12.1. The van der Waals surface area contributed by atoms with Crippen molar-refractivity contribution in [3.8, 4) is 0 Å². The Bertz CT molecular complexity index is 588. The molecule has 1 aliphatic heterocycles. The number of hydrogen-bond donors (Lipinski definition) is 2. The predicted octanol–water partition coefficient (Wildman–Crippen LogP) is 2.69. The maximum Gasteiger partial charge on any atom is 0.337 e. The van der Waals surface area contributed by atoms with E-state index >= 15 is 0 Å². The predicted molar refractivity (Wildman–Crippen MR) is 88.0 cm³/mol. The summed E-state index contributed by atoms with van der Waals surface area (Å²) in [7, 11) is 0. The molecule has 1 aromatic heterocycles. The first-order chi connectivity index (χ1) is 10.0. The Hall–Kier alpha value is -0.990. The van der Waals surface area contributed by atoms with Crippen LogP contribution in [0.25, 0.3) is 0 Å². The van der Waals surface area contributed by atoms with E-state index in [9.17, 15) is 9.18 Å². The normalized spacial score (nSPS) is 18.2. The van der Waals surface area contributed by atoms with Crippen molar-refractivity contribution in [1.82, 2.24) is 10.6 Å². The number of rotatable bonds is 5. The van der Waals surface area contributed by atoms with Crippen molar-refractivity contribution < 1.29 is 13.9 Å². The number of allylic oxidation sites excluding steroid dienone is 1. The second-order valence-electron chi connectivity index (χ2n) is 4.45. The first kappa shape index (κ1) is 16.4. The molecule has 2 N–H and O–H groups in total. The van der Waals surface area contributed by atoms with Crippen molar-refractivity contribution in [2.75, 3.05) is 13.3 Å². The van der Waals surface area contributed by atoms with Gasteiger partial charge in [0.1, 0.15) is 6.67 Å². The van der Waals surface area contributed by atoms with Crippen LogP contribution in [-0.4, -0.2) is 30.4 Å². The van der Waals surface area contributed by atoms with E-state index in [2.05, 4.69) is 26.6 Å². The first-order valence-electron chi connectivity index (χ1n) is 6.26. The standard InChI is InChI=1S/C13H14BrFN2O2S2/c1-7-10(9(6-15)17-13(20)16-7)12(18)19-4-2-8-3-5-21-11(8)14/h3,5,9H,2,4,6H2,1H3,(H2,16,17,20). The van der Waals surface area contributed by atoms with Crippen molar-refractivity contribution in [3.05, 3.63) is 32.1 Å². The molecule has 114 valence electrons. The Morgan fingerprint density at radius 1 is 1.62 bits per heavy atom. The van der Waals surface area contributed by atoms with Gasteiger partial charge in [0.2, 0.25) is 0 Å². The van der Waals surface area contributed by atoms with Gasteiger partial charge in [-0.2, -0.15) is 0 Å². The lowest BCUT2D eigenvalue weighted by atomic mass is 10.0. The largest absolute Gasteiger partial charge is 0.462 e. The third-order valence-electron chi connectivity index (χ3n) is 3.03. The van der Waals surface area contributed by atoms with E-state index in [1.165, 1.54) is 0 Å². The van der Waals surface area contributed by atoms with Crippen LogP contribution in [0.5, 0.6) is 0 Å². The molecule has 1 aliphatic rings. The highest BCUT2D eigenvalue weighted by Gasteiger charge is 2.29. The number of nitrogens with one attached hydrogen (secondary N) is 2. The van der Waals surface area contributed by atoms with Gasteiger partial charge in [-0.25, -0.2) is 9.18 Å². The zero-order valence-corrected chi connectivity index (χ0v) is 14.5. The van der Waals surface area contributed by atoms with E-state index in [1.54, 1.807) is 18.3 Å². The number of ether oxygens (including phenoxy) is 1. The second kappa shape index (κ2) is 7.33. The molecule has 21 heavy (non-hydrogen) atoms. The highest BCUT2D eigenvalue weighted by Crippen LogP contribution is 2.24. The lowest BCUT2D eigenvalue weighted by molar-refractivity contribution is -0.139. The van der Waals surface area contributed by atoms with E-state index in [4.69, 9.17) is 17.0 Å². The second-order valence-corrected chi connectivity index (χ2v) is 7.09. The van der Waals surface area contributed by atoms with E-state index in [-0.39, 0.29) is 12.2 Å². The van der Waals surface area contributed by atoms with Crippen molar-refractivity contribution in [2.45, 2.75) is 19.4 Å². The minimum atomic E-state index is -0.751. The van der Waals surface area contributed by atoms with Crippen LogP contribution in [0.3, 0.4) is 0 Å². The Labute approximate surface area is 139 Å². The van der Waals surface area contributed by atoms with Crippen molar-refractivity contribution in [2.24, 2.45) is 0 Å². The first-order valence-corrected chi connectivity index (χ1v) is 8.34. The van der Waals surface area contributed by atoms with Crippen LogP contribution in [0, 0.1) is 0 Å². The van der Waals surface area contributed by atoms with Crippen LogP contribution in [0.15, 0.2) is 26.5 Å². The van der Waals surface area contributed by atoms with E-state index in [1.807, 2.05) is 11.4 Å². The Morgan fingerprint density at radius 2 is 2.38 bits per heavy atom. The maximum atomic E-state index is 13.0. The van der Waals surface area contributed by atoms with Crippen molar-refractivity contribution in [3.63, 3.8) is 0 Å². The molecule has 0 aromatic carbocycles. The number of halogens is 2. The molecular weight excluding hydrogens is 379 g/mol. The summed E-state index contributed by atoms with van der Waals surface area (Å²) >= 11 is 9.95. The number of thiophene rings is 1. The van der Waals surface area contributed by atoms with Crippen LogP contribution in [-0.2, 0) is 16.0 Å². The SMILES string of the molecule is CC1=C(C(=O)OCCc2ccsc2Br)C(CF)NC(=S)N1. The van der Waals surface area contributed by atoms with Crippen LogP contribution >= 0.6 is 39.5 Å². The fourth-order valence-electron chi connectivity index (χ4n) is 2.01. The molecule has 0 aliphatic carbocycles. The summed E-state index contributed by atoms with van der Waals surface area (Å²) in [5, 5.41) is 7.81. The molecule has 0 saturated carbocycles. The molecule has 0 saturated heterocycles. The van der Waals surface area contributed by atoms with Crippen LogP contribution in [0.1, 0.15) is 12.5 Å². The van der Waals surface area contributed by atoms with E-state index in [0.717, 1.165) is 9.35 Å². The van der Waals surface area contributed by atoms with Crippen LogP contribution in [0.4, 0.5) is 4.39 Å². The summed E-state index contributed by atoms with van der Waals surface area (Å²) in [6, 6.07) is 1.22. The fourth-order valence-corrected chi connectivity index (χ4v) is 3.63. The zero-order valence-electron chi connectivity index (χ0n) is 11.2. The molecule has 1 atom stereocenters. The van der Waals surface area contributed by atoms with Gasteiger partial charge in [-0.05, 0) is 52.1 Å². The van der Waals surface area contributed by atoms with Gasteiger partial charge in [0.25, 0.3) is 0 Å². The molecule has 0 spiro atoms.